The molecule has 1 heterocycles. The van der Waals surface area contributed by atoms with Gasteiger partial charge in [0.25, 0.3) is 9.70 Å². The van der Waals surface area contributed by atoms with E-state index in [4.69, 9.17) is 39.2 Å². The smallest absolute Gasteiger partial charge is 0.276 e. The lowest BCUT2D eigenvalue weighted by Crippen LogP contribution is -2.26. The highest BCUT2D eigenvalue weighted by Gasteiger charge is 2.30. The summed E-state index contributed by atoms with van der Waals surface area (Å²) in [6.45, 7) is 1.74. The van der Waals surface area contributed by atoms with Crippen LogP contribution in [-0.4, -0.2) is 14.7 Å². The van der Waals surface area contributed by atoms with Crippen molar-refractivity contribution in [1.29, 1.82) is 0 Å². The number of fused-ring (bicyclic) bond motifs is 1. The molecule has 4 nitrogen and oxygen atoms in total. The van der Waals surface area contributed by atoms with Crippen LogP contribution in [0.5, 0.6) is 0 Å². The monoisotopic (exact) mass is 292 g/mol. The molecule has 2 rings (SSSR count). The molecule has 7 heteroatoms. The van der Waals surface area contributed by atoms with Gasteiger partial charge in [0, 0.05) is 18.7 Å². The Morgan fingerprint density at radius 1 is 1.41 bits per heavy atom. The first-order valence-corrected chi connectivity index (χ1v) is 5.75. The summed E-state index contributed by atoms with van der Waals surface area (Å²) in [6.07, 6.45) is 0. The zero-order chi connectivity index (χ0) is 12.6. The molecule has 2 aromatic rings. The first-order valence-electron chi connectivity index (χ1n) is 4.61. The second-order valence-corrected chi connectivity index (χ2v) is 5.65. The highest BCUT2D eigenvalue weighted by molar-refractivity contribution is 6.76. The lowest BCUT2D eigenvalue weighted by atomic mass is 10.3. The summed E-state index contributed by atoms with van der Waals surface area (Å²) in [5.74, 6) is -0.178. The van der Waals surface area contributed by atoms with E-state index >= 15 is 0 Å². The van der Waals surface area contributed by atoms with Gasteiger partial charge in [-0.3, -0.25) is 4.79 Å². The van der Waals surface area contributed by atoms with Crippen molar-refractivity contribution >= 4 is 57.5 Å². The largest absolute Gasteiger partial charge is 0.441 e. The van der Waals surface area contributed by atoms with Gasteiger partial charge >= 0.3 is 0 Å². The third-order valence-electron chi connectivity index (χ3n) is 2.01. The molecule has 0 spiro atoms. The van der Waals surface area contributed by atoms with Crippen LogP contribution in [0.25, 0.3) is 11.1 Å². The van der Waals surface area contributed by atoms with Crippen LogP contribution in [0.4, 0.5) is 5.69 Å². The number of nitrogens with one attached hydrogen (secondary N) is 1. The van der Waals surface area contributed by atoms with E-state index in [-0.39, 0.29) is 0 Å². The van der Waals surface area contributed by atoms with Crippen LogP contribution in [-0.2, 0) is 4.79 Å². The van der Waals surface area contributed by atoms with Crippen LogP contribution in [0.3, 0.4) is 0 Å². The summed E-state index contributed by atoms with van der Waals surface area (Å²) in [6, 6.07) is 4.97. The Labute approximate surface area is 112 Å². The topological polar surface area (TPSA) is 55.1 Å². The van der Waals surface area contributed by atoms with E-state index < -0.39 is 9.70 Å². The number of hydrogen-bond donors (Lipinski definition) is 1. The number of halogens is 3. The molecule has 17 heavy (non-hydrogen) atoms. The molecule has 1 amide bonds. The van der Waals surface area contributed by atoms with Gasteiger partial charge in [-0.15, -0.1) is 0 Å². The summed E-state index contributed by atoms with van der Waals surface area (Å²) in [5.41, 5.74) is 1.74. The zero-order valence-electron chi connectivity index (χ0n) is 8.63. The number of rotatable bonds is 1. The fourth-order valence-electron chi connectivity index (χ4n) is 1.32. The molecular weight excluding hydrogens is 286 g/mol. The maximum Gasteiger partial charge on any atom is 0.276 e. The second-order valence-electron chi connectivity index (χ2n) is 3.37. The predicted octanol–water partition coefficient (Wildman–Crippen LogP) is 3.44. The minimum Gasteiger partial charge on any atom is -0.441 e. The number of hydrogen-bond acceptors (Lipinski definition) is 3. The molecule has 0 aliphatic heterocycles. The quantitative estimate of drug-likeness (QED) is 0.819. The molecule has 0 aliphatic carbocycles. The average molecular weight is 294 g/mol. The van der Waals surface area contributed by atoms with Crippen molar-refractivity contribution in [3.8, 4) is 0 Å². The first kappa shape index (κ1) is 12.5. The Balaban J connectivity index is 2.28. The summed E-state index contributed by atoms with van der Waals surface area (Å²) < 4.78 is 3.32. The number of alkyl halides is 3. The summed E-state index contributed by atoms with van der Waals surface area (Å²) in [4.78, 5) is 15.5. The molecule has 0 fully saturated rings. The Kier molecular flexibility index (Phi) is 3.21. The van der Waals surface area contributed by atoms with E-state index in [0.29, 0.717) is 22.7 Å². The number of benzene rings is 1. The van der Waals surface area contributed by atoms with Crippen LogP contribution >= 0.6 is 34.8 Å². The minimum absolute atomic E-state index is 0.477. The van der Waals surface area contributed by atoms with Crippen LogP contribution in [0, 0.1) is 6.92 Å². The molecule has 90 valence electrons. The van der Waals surface area contributed by atoms with Crippen molar-refractivity contribution in [2.75, 3.05) is 5.32 Å². The molecule has 1 aromatic heterocycles. The number of carbonyl (C=O) groups is 1. The van der Waals surface area contributed by atoms with E-state index in [1.807, 2.05) is 0 Å². The van der Waals surface area contributed by atoms with Crippen molar-refractivity contribution in [2.24, 2.45) is 0 Å². The van der Waals surface area contributed by atoms with Gasteiger partial charge < -0.3 is 9.73 Å². The Hall–Kier alpha value is -0.970. The van der Waals surface area contributed by atoms with Gasteiger partial charge in [-0.05, 0) is 12.1 Å². The highest BCUT2D eigenvalue weighted by atomic mass is 35.6. The van der Waals surface area contributed by atoms with Gasteiger partial charge in [-0.25, -0.2) is 4.98 Å². The molecule has 0 saturated carbocycles. The van der Waals surface area contributed by atoms with Gasteiger partial charge in [0.1, 0.15) is 5.52 Å². The number of carbonyl (C=O) groups excluding carboxylic acids is 1. The molecular formula is C10H7Cl3N2O2. The van der Waals surface area contributed by atoms with E-state index in [1.54, 1.807) is 25.1 Å². The van der Waals surface area contributed by atoms with Gasteiger partial charge in [0.15, 0.2) is 11.5 Å². The molecule has 1 aromatic carbocycles. The fourth-order valence-corrected chi connectivity index (χ4v) is 1.46. The van der Waals surface area contributed by atoms with Crippen LogP contribution in [0.1, 0.15) is 5.89 Å². The Morgan fingerprint density at radius 2 is 2.12 bits per heavy atom. The van der Waals surface area contributed by atoms with Crippen LogP contribution in [0.15, 0.2) is 22.6 Å². The number of nitrogens with zero attached hydrogens (tertiary/aromatic N) is 1. The molecule has 0 aliphatic rings. The SMILES string of the molecule is Cc1nc2ccc(NC(=O)C(Cl)(Cl)Cl)cc2o1. The van der Waals surface area contributed by atoms with E-state index in [0.717, 1.165) is 0 Å². The summed E-state index contributed by atoms with van der Waals surface area (Å²) in [5, 5.41) is 2.46. The highest BCUT2D eigenvalue weighted by Crippen LogP contribution is 2.28. The first-order chi connectivity index (χ1) is 7.86. The van der Waals surface area contributed by atoms with Crippen LogP contribution < -0.4 is 5.32 Å². The van der Waals surface area contributed by atoms with Crippen molar-refractivity contribution in [3.63, 3.8) is 0 Å². The maximum atomic E-state index is 11.4. The van der Waals surface area contributed by atoms with E-state index in [9.17, 15) is 4.79 Å². The fraction of sp³-hybridized carbons (Fsp3) is 0.200. The number of amides is 1. The van der Waals surface area contributed by atoms with Crippen molar-refractivity contribution in [2.45, 2.75) is 10.7 Å². The molecule has 1 N–H and O–H groups in total. The molecule has 0 atom stereocenters. The lowest BCUT2D eigenvalue weighted by Gasteiger charge is -2.10. The van der Waals surface area contributed by atoms with E-state index in [2.05, 4.69) is 10.3 Å². The third kappa shape index (κ3) is 2.83. The Morgan fingerprint density at radius 3 is 2.76 bits per heavy atom. The van der Waals surface area contributed by atoms with Gasteiger partial charge in [-0.1, -0.05) is 34.8 Å². The normalized spacial score (nSPS) is 11.8. The number of oxazole rings is 1. The molecule has 0 saturated heterocycles. The van der Waals surface area contributed by atoms with Crippen LogP contribution in [0.2, 0.25) is 0 Å². The van der Waals surface area contributed by atoms with Gasteiger partial charge in [0.2, 0.25) is 0 Å². The van der Waals surface area contributed by atoms with Gasteiger partial charge in [-0.2, -0.15) is 0 Å². The molecule has 0 bridgehead atoms. The summed E-state index contributed by atoms with van der Waals surface area (Å²) in [7, 11) is 0. The molecule has 0 radical (unpaired) electrons. The Bertz CT molecular complexity index is 574. The lowest BCUT2D eigenvalue weighted by molar-refractivity contribution is -0.115. The van der Waals surface area contributed by atoms with E-state index in [1.165, 1.54) is 0 Å². The predicted molar refractivity (Wildman–Crippen MR) is 67.7 cm³/mol. The summed E-state index contributed by atoms with van der Waals surface area (Å²) >= 11 is 16.3. The maximum absolute atomic E-state index is 11.4. The van der Waals surface area contributed by atoms with Crippen molar-refractivity contribution in [3.05, 3.63) is 24.1 Å². The average Bonchev–Trinajstić information content (AvgIpc) is 2.55. The standard InChI is InChI=1S/C10H7Cl3N2O2/c1-5-14-7-3-2-6(4-8(7)17-5)15-9(16)10(11,12)13/h2-4H,1H3,(H,15,16). The van der Waals surface area contributed by atoms with Crippen molar-refractivity contribution in [1.82, 2.24) is 4.98 Å². The minimum atomic E-state index is -1.99. The second kappa shape index (κ2) is 4.37. The zero-order valence-corrected chi connectivity index (χ0v) is 10.9. The van der Waals surface area contributed by atoms with Gasteiger partial charge in [0.05, 0.1) is 0 Å². The van der Waals surface area contributed by atoms with Crippen molar-refractivity contribution < 1.29 is 9.21 Å². The number of aryl methyl sites for hydroxylation is 1. The number of aromatic nitrogens is 1. The third-order valence-corrected chi connectivity index (χ3v) is 2.53. The molecule has 0 unspecified atom stereocenters. The number of anilines is 1.